The monoisotopic (exact) mass is 294 g/mol. The second-order valence-electron chi connectivity index (χ2n) is 5.25. The van der Waals surface area contributed by atoms with Gasteiger partial charge >= 0.3 is 12.0 Å². The van der Waals surface area contributed by atoms with Crippen molar-refractivity contribution in [2.75, 3.05) is 18.4 Å². The first-order chi connectivity index (χ1) is 9.88. The minimum Gasteiger partial charge on any atom is -0.507 e. The fourth-order valence-electron chi connectivity index (χ4n) is 2.22. The Morgan fingerprint density at radius 3 is 2.71 bits per heavy atom. The number of piperidine rings is 1. The van der Waals surface area contributed by atoms with Gasteiger partial charge in [-0.15, -0.1) is 0 Å². The number of carboxylic acid groups (broad SMARTS) is 1. The summed E-state index contributed by atoms with van der Waals surface area (Å²) in [6, 6.07) is 3.43. The SMILES string of the molecule is CC1CCN(C(=O)Nc2ccc(O)c(C(=O)O)c2)CC1O. The highest BCUT2D eigenvalue weighted by molar-refractivity contribution is 5.95. The number of aliphatic hydroxyl groups is 1. The zero-order chi connectivity index (χ0) is 15.6. The summed E-state index contributed by atoms with van der Waals surface area (Å²) >= 11 is 0. The molecule has 2 unspecified atom stereocenters. The molecule has 1 aliphatic heterocycles. The largest absolute Gasteiger partial charge is 0.507 e. The van der Waals surface area contributed by atoms with E-state index in [1.165, 1.54) is 23.1 Å². The maximum Gasteiger partial charge on any atom is 0.339 e. The van der Waals surface area contributed by atoms with E-state index in [9.17, 15) is 19.8 Å². The first-order valence-corrected chi connectivity index (χ1v) is 6.68. The number of nitrogens with one attached hydrogen (secondary N) is 1. The lowest BCUT2D eigenvalue weighted by Gasteiger charge is -2.34. The quantitative estimate of drug-likeness (QED) is 0.615. The fourth-order valence-corrected chi connectivity index (χ4v) is 2.22. The van der Waals surface area contributed by atoms with Gasteiger partial charge in [0.25, 0.3) is 0 Å². The number of phenols is 1. The number of carbonyl (C=O) groups excluding carboxylic acids is 1. The first-order valence-electron chi connectivity index (χ1n) is 6.68. The van der Waals surface area contributed by atoms with Crippen LogP contribution in [0.5, 0.6) is 5.75 Å². The van der Waals surface area contributed by atoms with Crippen LogP contribution in [-0.2, 0) is 0 Å². The van der Waals surface area contributed by atoms with E-state index >= 15 is 0 Å². The van der Waals surface area contributed by atoms with E-state index in [0.29, 0.717) is 13.0 Å². The van der Waals surface area contributed by atoms with Crippen molar-refractivity contribution < 1.29 is 24.9 Å². The Morgan fingerprint density at radius 2 is 2.10 bits per heavy atom. The number of anilines is 1. The van der Waals surface area contributed by atoms with Gasteiger partial charge in [-0.05, 0) is 30.5 Å². The van der Waals surface area contributed by atoms with Gasteiger partial charge in [-0.1, -0.05) is 6.92 Å². The van der Waals surface area contributed by atoms with E-state index in [2.05, 4.69) is 5.32 Å². The van der Waals surface area contributed by atoms with Crippen LogP contribution in [0, 0.1) is 5.92 Å². The molecule has 4 N–H and O–H groups in total. The Hall–Kier alpha value is -2.28. The normalized spacial score (nSPS) is 21.9. The van der Waals surface area contributed by atoms with Crippen molar-refractivity contribution in [3.8, 4) is 5.75 Å². The molecular weight excluding hydrogens is 276 g/mol. The van der Waals surface area contributed by atoms with Gasteiger partial charge in [0, 0.05) is 18.8 Å². The number of β-amino-alcohol motifs (C(OH)–C–C–N with tert-alkyl or cyclic N) is 1. The van der Waals surface area contributed by atoms with Crippen LogP contribution >= 0.6 is 0 Å². The number of carboxylic acids is 1. The van der Waals surface area contributed by atoms with E-state index in [0.717, 1.165) is 0 Å². The molecule has 1 saturated heterocycles. The lowest BCUT2D eigenvalue weighted by Crippen LogP contribution is -2.47. The fraction of sp³-hybridized carbons (Fsp3) is 0.429. The Bertz CT molecular complexity index is 560. The molecule has 0 radical (unpaired) electrons. The van der Waals surface area contributed by atoms with E-state index in [4.69, 9.17) is 5.11 Å². The van der Waals surface area contributed by atoms with Crippen molar-refractivity contribution in [1.29, 1.82) is 0 Å². The van der Waals surface area contributed by atoms with Crippen LogP contribution in [-0.4, -0.2) is 51.4 Å². The van der Waals surface area contributed by atoms with Crippen molar-refractivity contribution in [3.05, 3.63) is 23.8 Å². The Balaban J connectivity index is 2.06. The number of aromatic carboxylic acids is 1. The number of nitrogens with zero attached hydrogens (tertiary/aromatic N) is 1. The van der Waals surface area contributed by atoms with Gasteiger partial charge in [-0.3, -0.25) is 0 Å². The number of urea groups is 1. The molecule has 1 aromatic rings. The zero-order valence-corrected chi connectivity index (χ0v) is 11.6. The summed E-state index contributed by atoms with van der Waals surface area (Å²) in [6.45, 7) is 2.71. The summed E-state index contributed by atoms with van der Waals surface area (Å²) in [4.78, 5) is 24.5. The number of hydrogen-bond donors (Lipinski definition) is 4. The second-order valence-corrected chi connectivity index (χ2v) is 5.25. The minimum atomic E-state index is -1.27. The van der Waals surface area contributed by atoms with E-state index in [1.807, 2.05) is 6.92 Å². The molecule has 114 valence electrons. The molecule has 0 aliphatic carbocycles. The Kier molecular flexibility index (Phi) is 4.32. The highest BCUT2D eigenvalue weighted by Gasteiger charge is 2.27. The van der Waals surface area contributed by atoms with Crippen molar-refractivity contribution in [2.45, 2.75) is 19.4 Å². The zero-order valence-electron chi connectivity index (χ0n) is 11.6. The molecule has 2 amide bonds. The summed E-state index contributed by atoms with van der Waals surface area (Å²) in [6.07, 6.45) is 0.156. The number of amides is 2. The van der Waals surface area contributed by atoms with Crippen molar-refractivity contribution in [2.24, 2.45) is 5.92 Å². The number of aliphatic hydroxyl groups excluding tert-OH is 1. The molecule has 7 heteroatoms. The third-order valence-corrected chi connectivity index (χ3v) is 3.68. The predicted octanol–water partition coefficient (Wildman–Crippen LogP) is 1.32. The van der Waals surface area contributed by atoms with Crippen LogP contribution in [0.1, 0.15) is 23.7 Å². The lowest BCUT2D eigenvalue weighted by atomic mass is 9.96. The third-order valence-electron chi connectivity index (χ3n) is 3.68. The van der Waals surface area contributed by atoms with Gasteiger partial charge in [-0.2, -0.15) is 0 Å². The van der Waals surface area contributed by atoms with Crippen LogP contribution in [0.25, 0.3) is 0 Å². The predicted molar refractivity (Wildman–Crippen MR) is 75.4 cm³/mol. The van der Waals surface area contributed by atoms with Gasteiger partial charge < -0.3 is 25.5 Å². The van der Waals surface area contributed by atoms with Gasteiger partial charge in [-0.25, -0.2) is 9.59 Å². The summed E-state index contributed by atoms with van der Waals surface area (Å²) in [5.41, 5.74) is 0.00316. The number of benzene rings is 1. The summed E-state index contributed by atoms with van der Waals surface area (Å²) in [7, 11) is 0. The Morgan fingerprint density at radius 1 is 1.38 bits per heavy atom. The molecule has 1 aliphatic rings. The average molecular weight is 294 g/mol. The standard InChI is InChI=1S/C14H18N2O5/c1-8-4-5-16(7-12(8)18)14(21)15-9-2-3-11(17)10(6-9)13(19)20/h2-3,6,8,12,17-18H,4-5,7H2,1H3,(H,15,21)(H,19,20). The maximum atomic E-state index is 12.1. The molecular formula is C14H18N2O5. The maximum absolute atomic E-state index is 12.1. The molecule has 1 heterocycles. The topological polar surface area (TPSA) is 110 Å². The number of aromatic hydroxyl groups is 1. The highest BCUT2D eigenvalue weighted by Crippen LogP contribution is 2.22. The number of carbonyl (C=O) groups is 2. The molecule has 2 rings (SSSR count). The van der Waals surface area contributed by atoms with Crippen molar-refractivity contribution in [3.63, 3.8) is 0 Å². The molecule has 0 saturated carbocycles. The highest BCUT2D eigenvalue weighted by atomic mass is 16.4. The van der Waals surface area contributed by atoms with Crippen LogP contribution in [0.4, 0.5) is 10.5 Å². The molecule has 7 nitrogen and oxygen atoms in total. The van der Waals surface area contributed by atoms with Crippen LogP contribution in [0.15, 0.2) is 18.2 Å². The number of hydrogen-bond acceptors (Lipinski definition) is 4. The lowest BCUT2D eigenvalue weighted by molar-refractivity contribution is 0.0464. The van der Waals surface area contributed by atoms with Crippen LogP contribution in [0.3, 0.4) is 0 Å². The van der Waals surface area contributed by atoms with Gasteiger partial charge in [0.15, 0.2) is 0 Å². The molecule has 1 aromatic carbocycles. The van der Waals surface area contributed by atoms with Crippen molar-refractivity contribution in [1.82, 2.24) is 4.90 Å². The second kappa shape index (κ2) is 6.01. The van der Waals surface area contributed by atoms with Crippen LogP contribution in [0.2, 0.25) is 0 Å². The summed E-state index contributed by atoms with van der Waals surface area (Å²) in [5.74, 6) is -1.48. The van der Waals surface area contributed by atoms with E-state index in [1.54, 1.807) is 0 Å². The van der Waals surface area contributed by atoms with Crippen LogP contribution < -0.4 is 5.32 Å². The smallest absolute Gasteiger partial charge is 0.339 e. The summed E-state index contributed by atoms with van der Waals surface area (Å²) in [5, 5.41) is 30.7. The molecule has 0 spiro atoms. The molecule has 0 bridgehead atoms. The molecule has 1 fully saturated rings. The van der Waals surface area contributed by atoms with Gasteiger partial charge in [0.2, 0.25) is 0 Å². The van der Waals surface area contributed by atoms with Gasteiger partial charge in [0.05, 0.1) is 6.10 Å². The number of likely N-dealkylation sites (tertiary alicyclic amines) is 1. The molecule has 2 atom stereocenters. The van der Waals surface area contributed by atoms with E-state index in [-0.39, 0.29) is 29.5 Å². The molecule has 0 aromatic heterocycles. The number of rotatable bonds is 2. The summed E-state index contributed by atoms with van der Waals surface area (Å²) < 4.78 is 0. The Labute approximate surface area is 121 Å². The van der Waals surface area contributed by atoms with Crippen molar-refractivity contribution >= 4 is 17.7 Å². The first kappa shape index (κ1) is 15.1. The van der Waals surface area contributed by atoms with Gasteiger partial charge in [0.1, 0.15) is 11.3 Å². The minimum absolute atomic E-state index is 0.154. The molecule has 21 heavy (non-hydrogen) atoms. The average Bonchev–Trinajstić information content (AvgIpc) is 2.43. The third kappa shape index (κ3) is 3.43. The van der Waals surface area contributed by atoms with E-state index < -0.39 is 18.1 Å².